The molecule has 5 N–H and O–H groups in total. The molecule has 1 atom stereocenters. The fourth-order valence-corrected chi connectivity index (χ4v) is 2.48. The summed E-state index contributed by atoms with van der Waals surface area (Å²) in [7, 11) is 0. The molecule has 1 unspecified atom stereocenters. The van der Waals surface area contributed by atoms with Crippen LogP contribution in [0.2, 0.25) is 0 Å². The molecule has 3 rings (SSSR count). The molecule has 0 aromatic heterocycles. The Morgan fingerprint density at radius 3 is 2.17 bits per heavy atom. The number of rotatable bonds is 7. The Labute approximate surface area is 169 Å². The minimum absolute atomic E-state index is 0.160. The van der Waals surface area contributed by atoms with Gasteiger partial charge in [0.05, 0.1) is 6.61 Å². The molecule has 6 heteroatoms. The van der Waals surface area contributed by atoms with Crippen molar-refractivity contribution in [2.75, 3.05) is 6.61 Å². The SMILES string of the molecule is NC(Cc1ccc(O)cc1)C(=O)O.Oc1cccc(OCCc2ccccc2)c1. The van der Waals surface area contributed by atoms with E-state index >= 15 is 0 Å². The van der Waals surface area contributed by atoms with Crippen molar-refractivity contribution in [2.24, 2.45) is 5.73 Å². The van der Waals surface area contributed by atoms with Crippen LogP contribution in [-0.2, 0) is 17.6 Å². The molecule has 152 valence electrons. The zero-order valence-electron chi connectivity index (χ0n) is 15.9. The number of phenols is 2. The minimum Gasteiger partial charge on any atom is -0.508 e. The maximum atomic E-state index is 10.4. The third-order valence-electron chi connectivity index (χ3n) is 4.03. The fraction of sp³-hybridized carbons (Fsp3) is 0.174. The summed E-state index contributed by atoms with van der Waals surface area (Å²) >= 11 is 0. The van der Waals surface area contributed by atoms with Gasteiger partial charge in [0, 0.05) is 12.5 Å². The highest BCUT2D eigenvalue weighted by Crippen LogP contribution is 2.17. The van der Waals surface area contributed by atoms with Gasteiger partial charge in [0.2, 0.25) is 0 Å². The first-order valence-corrected chi connectivity index (χ1v) is 9.16. The molecule has 0 heterocycles. The van der Waals surface area contributed by atoms with Crippen molar-refractivity contribution in [3.05, 3.63) is 90.0 Å². The summed E-state index contributed by atoms with van der Waals surface area (Å²) in [6.45, 7) is 0.619. The Morgan fingerprint density at radius 2 is 1.55 bits per heavy atom. The molecule has 0 amide bonds. The lowest BCUT2D eigenvalue weighted by Crippen LogP contribution is -2.32. The highest BCUT2D eigenvalue weighted by atomic mass is 16.5. The summed E-state index contributed by atoms with van der Waals surface area (Å²) in [5.74, 6) is 0.0777. The van der Waals surface area contributed by atoms with Crippen molar-refractivity contribution in [3.8, 4) is 17.2 Å². The summed E-state index contributed by atoms with van der Waals surface area (Å²) in [6, 6.07) is 22.5. The standard InChI is InChI=1S/C14H14O2.C9H11NO3/c15-13-7-4-8-14(11-13)16-10-9-12-5-2-1-3-6-12;10-8(9(12)13)5-6-1-3-7(11)4-2-6/h1-8,11,15H,9-10H2;1-4,8,11H,5,10H2,(H,12,13). The molecule has 0 saturated heterocycles. The molecular formula is C23H25NO5. The van der Waals surface area contributed by atoms with Crippen LogP contribution in [0.4, 0.5) is 0 Å². The zero-order chi connectivity index (χ0) is 21.1. The summed E-state index contributed by atoms with van der Waals surface area (Å²) in [4.78, 5) is 10.4. The van der Waals surface area contributed by atoms with Gasteiger partial charge in [-0.1, -0.05) is 48.5 Å². The lowest BCUT2D eigenvalue weighted by atomic mass is 10.1. The van der Waals surface area contributed by atoms with E-state index in [1.165, 1.54) is 17.7 Å². The normalized spacial score (nSPS) is 11.1. The fourth-order valence-electron chi connectivity index (χ4n) is 2.48. The van der Waals surface area contributed by atoms with Crippen molar-refractivity contribution in [3.63, 3.8) is 0 Å². The topological polar surface area (TPSA) is 113 Å². The minimum atomic E-state index is -1.02. The van der Waals surface area contributed by atoms with Crippen molar-refractivity contribution in [2.45, 2.75) is 18.9 Å². The smallest absolute Gasteiger partial charge is 0.320 e. The monoisotopic (exact) mass is 395 g/mol. The average molecular weight is 395 g/mol. The van der Waals surface area contributed by atoms with Gasteiger partial charge >= 0.3 is 5.97 Å². The molecule has 0 radical (unpaired) electrons. The molecule has 0 aliphatic carbocycles. The van der Waals surface area contributed by atoms with Crippen LogP contribution in [0.5, 0.6) is 17.2 Å². The van der Waals surface area contributed by atoms with Gasteiger partial charge in [0.25, 0.3) is 0 Å². The van der Waals surface area contributed by atoms with E-state index in [0.717, 1.165) is 12.0 Å². The number of ether oxygens (including phenoxy) is 1. The number of carboxylic acids is 1. The number of benzene rings is 3. The second-order valence-electron chi connectivity index (χ2n) is 6.40. The molecule has 0 fully saturated rings. The molecule has 0 saturated carbocycles. The van der Waals surface area contributed by atoms with Crippen LogP contribution < -0.4 is 10.5 Å². The van der Waals surface area contributed by atoms with E-state index in [4.69, 9.17) is 20.7 Å². The van der Waals surface area contributed by atoms with Crippen LogP contribution in [0.1, 0.15) is 11.1 Å². The van der Waals surface area contributed by atoms with Crippen molar-refractivity contribution in [1.82, 2.24) is 0 Å². The zero-order valence-corrected chi connectivity index (χ0v) is 15.9. The number of hydrogen-bond donors (Lipinski definition) is 4. The second kappa shape index (κ2) is 11.4. The highest BCUT2D eigenvalue weighted by Gasteiger charge is 2.11. The quantitative estimate of drug-likeness (QED) is 0.488. The molecule has 3 aromatic rings. The van der Waals surface area contributed by atoms with Crippen molar-refractivity contribution in [1.29, 1.82) is 0 Å². The first-order valence-electron chi connectivity index (χ1n) is 9.16. The van der Waals surface area contributed by atoms with Gasteiger partial charge in [-0.2, -0.15) is 0 Å². The molecule has 0 spiro atoms. The van der Waals surface area contributed by atoms with Crippen LogP contribution in [0.25, 0.3) is 0 Å². The largest absolute Gasteiger partial charge is 0.508 e. The van der Waals surface area contributed by atoms with Gasteiger partial charge in [-0.05, 0) is 41.8 Å². The molecule has 6 nitrogen and oxygen atoms in total. The first-order chi connectivity index (χ1) is 13.9. The number of hydrogen-bond acceptors (Lipinski definition) is 5. The summed E-state index contributed by atoms with van der Waals surface area (Å²) in [5.41, 5.74) is 7.38. The van der Waals surface area contributed by atoms with Crippen molar-refractivity contribution >= 4 is 5.97 Å². The van der Waals surface area contributed by atoms with Crippen LogP contribution >= 0.6 is 0 Å². The van der Waals surface area contributed by atoms with E-state index in [-0.39, 0.29) is 17.9 Å². The number of aromatic hydroxyl groups is 2. The maximum absolute atomic E-state index is 10.4. The van der Waals surface area contributed by atoms with E-state index in [1.54, 1.807) is 30.3 Å². The van der Waals surface area contributed by atoms with E-state index in [0.29, 0.717) is 12.4 Å². The van der Waals surface area contributed by atoms with Crippen LogP contribution in [0.15, 0.2) is 78.9 Å². The molecular weight excluding hydrogens is 370 g/mol. The van der Waals surface area contributed by atoms with E-state index in [2.05, 4.69) is 12.1 Å². The number of carbonyl (C=O) groups is 1. The predicted octanol–water partition coefficient (Wildman–Crippen LogP) is 3.36. The average Bonchev–Trinajstić information content (AvgIpc) is 2.71. The molecule has 29 heavy (non-hydrogen) atoms. The Bertz CT molecular complexity index is 881. The first kappa shape index (κ1) is 21.8. The van der Waals surface area contributed by atoms with E-state index in [9.17, 15) is 9.90 Å². The van der Waals surface area contributed by atoms with Crippen molar-refractivity contribution < 1.29 is 24.9 Å². The van der Waals surface area contributed by atoms with Gasteiger partial charge in [-0.25, -0.2) is 0 Å². The lowest BCUT2D eigenvalue weighted by molar-refractivity contribution is -0.138. The predicted molar refractivity (Wildman–Crippen MR) is 111 cm³/mol. The van der Waals surface area contributed by atoms with E-state index < -0.39 is 12.0 Å². The second-order valence-corrected chi connectivity index (χ2v) is 6.40. The summed E-state index contributed by atoms with van der Waals surface area (Å²) in [6.07, 6.45) is 1.14. The third kappa shape index (κ3) is 8.36. The van der Waals surface area contributed by atoms with Gasteiger partial charge < -0.3 is 25.8 Å². The Kier molecular flexibility index (Phi) is 8.53. The van der Waals surface area contributed by atoms with Gasteiger partial charge in [-0.3, -0.25) is 4.79 Å². The molecule has 3 aromatic carbocycles. The highest BCUT2D eigenvalue weighted by molar-refractivity contribution is 5.73. The van der Waals surface area contributed by atoms with E-state index in [1.807, 2.05) is 24.3 Å². The molecule has 0 aliphatic rings. The number of carboxylic acid groups (broad SMARTS) is 1. The molecule has 0 aliphatic heterocycles. The number of nitrogens with two attached hydrogens (primary N) is 1. The maximum Gasteiger partial charge on any atom is 0.320 e. The van der Waals surface area contributed by atoms with Crippen LogP contribution in [-0.4, -0.2) is 33.9 Å². The third-order valence-corrected chi connectivity index (χ3v) is 4.03. The Morgan fingerprint density at radius 1 is 0.862 bits per heavy atom. The lowest BCUT2D eigenvalue weighted by Gasteiger charge is -2.06. The van der Waals surface area contributed by atoms with Gasteiger partial charge in [-0.15, -0.1) is 0 Å². The van der Waals surface area contributed by atoms with Crippen LogP contribution in [0, 0.1) is 0 Å². The summed E-state index contributed by atoms with van der Waals surface area (Å²) < 4.78 is 5.53. The van der Waals surface area contributed by atoms with Gasteiger partial charge in [0.15, 0.2) is 0 Å². The van der Waals surface area contributed by atoms with Gasteiger partial charge in [0.1, 0.15) is 23.3 Å². The number of phenolic OH excluding ortho intramolecular Hbond substituents is 2. The molecule has 0 bridgehead atoms. The Balaban J connectivity index is 0.000000212. The van der Waals surface area contributed by atoms with Crippen LogP contribution in [0.3, 0.4) is 0 Å². The Hall–Kier alpha value is -3.51. The number of aliphatic carboxylic acids is 1. The summed E-state index contributed by atoms with van der Waals surface area (Å²) in [5, 5.41) is 26.7.